The van der Waals surface area contributed by atoms with Crippen molar-refractivity contribution in [2.24, 2.45) is 0 Å². The predicted molar refractivity (Wildman–Crippen MR) is 185 cm³/mol. The zero-order valence-electron chi connectivity index (χ0n) is 26.8. The summed E-state index contributed by atoms with van der Waals surface area (Å²) in [5, 5.41) is 19.7. The summed E-state index contributed by atoms with van der Waals surface area (Å²) in [6, 6.07) is 19.4. The highest BCUT2D eigenvalue weighted by molar-refractivity contribution is 8.00. The van der Waals surface area contributed by atoms with E-state index < -0.39 is 16.2 Å². The highest BCUT2D eigenvalue weighted by Crippen LogP contribution is 2.37. The first-order valence-corrected chi connectivity index (χ1v) is 18.6. The average Bonchev–Trinajstić information content (AvgIpc) is 3.05. The molecule has 250 valence electrons. The lowest BCUT2D eigenvalue weighted by molar-refractivity contribution is 0.161. The van der Waals surface area contributed by atoms with E-state index in [1.165, 1.54) is 49.9 Å². The van der Waals surface area contributed by atoms with E-state index in [1.807, 2.05) is 24.3 Å². The van der Waals surface area contributed by atoms with Crippen LogP contribution in [0.2, 0.25) is 0 Å². The Hall–Kier alpha value is -2.84. The smallest absolute Gasteiger partial charge is 0.295 e. The maximum absolute atomic E-state index is 12.4. The molecule has 3 rings (SSSR count). The van der Waals surface area contributed by atoms with Gasteiger partial charge in [-0.25, -0.2) is 0 Å². The van der Waals surface area contributed by atoms with Crippen molar-refractivity contribution in [3.63, 3.8) is 0 Å². The van der Waals surface area contributed by atoms with E-state index >= 15 is 0 Å². The van der Waals surface area contributed by atoms with Gasteiger partial charge in [-0.2, -0.15) is 8.42 Å². The van der Waals surface area contributed by atoms with E-state index in [2.05, 4.69) is 18.8 Å². The molecular weight excluding hydrogens is 621 g/mol. The normalized spacial score (nSPS) is 12.0. The van der Waals surface area contributed by atoms with Crippen LogP contribution in [0.4, 0.5) is 0 Å². The Kier molecular flexibility index (Phi) is 17.3. The van der Waals surface area contributed by atoms with Crippen LogP contribution in [0.3, 0.4) is 0 Å². The monoisotopic (exact) mass is 668 g/mol. The third-order valence-corrected chi connectivity index (χ3v) is 9.57. The molecule has 0 aliphatic rings. The lowest BCUT2D eigenvalue weighted by Crippen LogP contribution is -2.02. The van der Waals surface area contributed by atoms with Gasteiger partial charge in [0.1, 0.15) is 23.4 Å². The van der Waals surface area contributed by atoms with Gasteiger partial charge in [0.2, 0.25) is 0 Å². The number of aliphatic hydroxyl groups is 2. The summed E-state index contributed by atoms with van der Waals surface area (Å²) in [5.41, 5.74) is 1.69. The molecule has 0 aliphatic carbocycles. The number of hydrogen-bond acceptors (Lipinski definition) is 7. The topological polar surface area (TPSA) is 113 Å². The van der Waals surface area contributed by atoms with E-state index in [4.69, 9.17) is 14.6 Å². The van der Waals surface area contributed by atoms with Crippen LogP contribution in [0.15, 0.2) is 81.4 Å². The van der Waals surface area contributed by atoms with E-state index in [0.29, 0.717) is 34.8 Å². The van der Waals surface area contributed by atoms with Crippen molar-refractivity contribution in [1.29, 1.82) is 0 Å². The Bertz CT molecular complexity index is 1480. The van der Waals surface area contributed by atoms with Crippen LogP contribution in [-0.2, 0) is 14.9 Å². The number of rotatable bonds is 21. The number of hydrogen-bond donors (Lipinski definition) is 3. The average molecular weight is 669 g/mol. The SMILES string of the molecule is CCCCOc1ccc(Sc2ccc(-c3ccccc3C(O)C#CCOCCCCCCCCCCCO)cc2S(=O)(=O)O)cc1. The molecule has 3 aromatic rings. The second-order valence-corrected chi connectivity index (χ2v) is 13.7. The summed E-state index contributed by atoms with van der Waals surface area (Å²) in [6.07, 6.45) is 11.1. The molecule has 0 spiro atoms. The second kappa shape index (κ2) is 21.1. The van der Waals surface area contributed by atoms with Gasteiger partial charge >= 0.3 is 0 Å². The van der Waals surface area contributed by atoms with E-state index in [-0.39, 0.29) is 18.1 Å². The standard InChI is InChI=1S/C37H48O7S2/c1-2-3-28-44-31-20-22-32(23-21-31)45-36-24-19-30(29-37(36)46(40,41)42)33-16-11-12-17-34(33)35(39)18-15-27-43-26-14-10-8-6-4-5-7-9-13-25-38/h11-12,16-17,19-24,29,35,38-39H,2-10,13-14,25-28H2,1H3,(H,40,41,42). The highest BCUT2D eigenvalue weighted by Gasteiger charge is 2.20. The first-order chi connectivity index (χ1) is 22.3. The fourth-order valence-corrected chi connectivity index (χ4v) is 6.78. The van der Waals surface area contributed by atoms with Gasteiger partial charge in [0.05, 0.1) is 6.61 Å². The van der Waals surface area contributed by atoms with E-state index in [9.17, 15) is 18.1 Å². The molecule has 0 fully saturated rings. The second-order valence-electron chi connectivity index (χ2n) is 11.2. The molecule has 0 bridgehead atoms. The van der Waals surface area contributed by atoms with Crippen molar-refractivity contribution in [3.05, 3.63) is 72.3 Å². The Morgan fingerprint density at radius 1 is 0.826 bits per heavy atom. The Morgan fingerprint density at radius 2 is 1.50 bits per heavy atom. The number of ether oxygens (including phenoxy) is 2. The van der Waals surface area contributed by atoms with Crippen LogP contribution in [0.5, 0.6) is 5.75 Å². The van der Waals surface area contributed by atoms with Gasteiger partial charge in [0.25, 0.3) is 10.1 Å². The van der Waals surface area contributed by atoms with E-state index in [0.717, 1.165) is 49.2 Å². The summed E-state index contributed by atoms with van der Waals surface area (Å²) in [6.45, 7) is 3.87. The van der Waals surface area contributed by atoms with Gasteiger partial charge < -0.3 is 19.7 Å². The molecule has 9 heteroatoms. The Balaban J connectivity index is 1.57. The lowest BCUT2D eigenvalue weighted by Gasteiger charge is -2.14. The zero-order chi connectivity index (χ0) is 33.0. The van der Waals surface area contributed by atoms with E-state index in [1.54, 1.807) is 36.4 Å². The van der Waals surface area contributed by atoms with Crippen LogP contribution in [0.1, 0.15) is 89.2 Å². The molecule has 3 N–H and O–H groups in total. The molecule has 0 aromatic heterocycles. The number of aliphatic hydroxyl groups excluding tert-OH is 2. The van der Waals surface area contributed by atoms with Crippen molar-refractivity contribution in [2.45, 2.75) is 98.3 Å². The molecule has 7 nitrogen and oxygen atoms in total. The molecular formula is C37H48O7S2. The molecule has 1 unspecified atom stereocenters. The fraction of sp³-hybridized carbons (Fsp3) is 0.459. The minimum atomic E-state index is -4.54. The molecule has 0 heterocycles. The summed E-state index contributed by atoms with van der Waals surface area (Å²) in [4.78, 5) is 0.977. The molecule has 0 radical (unpaired) electrons. The van der Waals surface area contributed by atoms with Gasteiger partial charge in [0.15, 0.2) is 0 Å². The van der Waals surface area contributed by atoms with Gasteiger partial charge in [0, 0.05) is 28.6 Å². The molecule has 0 saturated carbocycles. The van der Waals surface area contributed by atoms with Crippen molar-refractivity contribution in [3.8, 4) is 28.7 Å². The van der Waals surface area contributed by atoms with Gasteiger partial charge in [-0.15, -0.1) is 0 Å². The van der Waals surface area contributed by atoms with Crippen molar-refractivity contribution in [2.75, 3.05) is 26.4 Å². The Labute approximate surface area is 279 Å². The molecule has 1 atom stereocenters. The summed E-state index contributed by atoms with van der Waals surface area (Å²) >= 11 is 1.23. The molecule has 0 aliphatic heterocycles. The summed E-state index contributed by atoms with van der Waals surface area (Å²) in [7, 11) is -4.54. The first-order valence-electron chi connectivity index (χ1n) is 16.3. The van der Waals surface area contributed by atoms with Crippen molar-refractivity contribution >= 4 is 21.9 Å². The van der Waals surface area contributed by atoms with Crippen LogP contribution in [-0.4, -0.2) is 49.6 Å². The van der Waals surface area contributed by atoms with Gasteiger partial charge in [-0.1, -0.05) is 112 Å². The Morgan fingerprint density at radius 3 is 2.17 bits per heavy atom. The first kappa shape index (κ1) is 37.6. The number of benzene rings is 3. The lowest BCUT2D eigenvalue weighted by atomic mass is 9.96. The molecule has 3 aromatic carbocycles. The van der Waals surface area contributed by atoms with Crippen LogP contribution in [0, 0.1) is 11.8 Å². The fourth-order valence-electron chi connectivity index (χ4n) is 4.92. The van der Waals surface area contributed by atoms with Crippen LogP contribution in [0.25, 0.3) is 11.1 Å². The van der Waals surface area contributed by atoms with Gasteiger partial charge in [-0.3, -0.25) is 4.55 Å². The van der Waals surface area contributed by atoms with Crippen molar-refractivity contribution in [1.82, 2.24) is 0 Å². The zero-order valence-corrected chi connectivity index (χ0v) is 28.5. The van der Waals surface area contributed by atoms with Gasteiger partial charge in [-0.05, 0) is 66.8 Å². The molecule has 0 saturated heterocycles. The predicted octanol–water partition coefficient (Wildman–Crippen LogP) is 8.49. The molecule has 46 heavy (non-hydrogen) atoms. The summed E-state index contributed by atoms with van der Waals surface area (Å²) in [5.74, 6) is 6.49. The maximum atomic E-state index is 12.4. The summed E-state index contributed by atoms with van der Waals surface area (Å²) < 4.78 is 46.3. The minimum Gasteiger partial charge on any atom is -0.494 e. The quantitative estimate of drug-likeness (QED) is 0.0589. The highest BCUT2D eigenvalue weighted by atomic mass is 32.2. The van der Waals surface area contributed by atoms with Crippen LogP contribution >= 0.6 is 11.8 Å². The third-order valence-electron chi connectivity index (χ3n) is 7.47. The minimum absolute atomic E-state index is 0.208. The van der Waals surface area contributed by atoms with Crippen molar-refractivity contribution < 1.29 is 32.7 Å². The third kappa shape index (κ3) is 13.5. The van der Waals surface area contributed by atoms with Crippen LogP contribution < -0.4 is 4.74 Å². The largest absolute Gasteiger partial charge is 0.494 e. The number of unbranched alkanes of at least 4 members (excludes halogenated alkanes) is 9. The maximum Gasteiger partial charge on any atom is 0.295 e. The molecule has 0 amide bonds.